The van der Waals surface area contributed by atoms with Gasteiger partial charge in [0.15, 0.2) is 11.5 Å². The quantitative estimate of drug-likeness (QED) is 0.602. The SMILES string of the molecule is Cc1ccc(N2C(=O)CS[C@H]2c2cc3c(cc2[N+](=O)[O-])OCO3)cc1F. The van der Waals surface area contributed by atoms with Gasteiger partial charge in [0.25, 0.3) is 5.69 Å². The van der Waals surface area contributed by atoms with E-state index in [0.717, 1.165) is 0 Å². The van der Waals surface area contributed by atoms with Crippen LogP contribution in [0.15, 0.2) is 30.3 Å². The second kappa shape index (κ2) is 6.17. The van der Waals surface area contributed by atoms with Crippen molar-refractivity contribution in [3.63, 3.8) is 0 Å². The van der Waals surface area contributed by atoms with Gasteiger partial charge < -0.3 is 9.47 Å². The summed E-state index contributed by atoms with van der Waals surface area (Å²) in [4.78, 5) is 24.8. The average Bonchev–Trinajstić information content (AvgIpc) is 3.22. The number of hydrogen-bond acceptors (Lipinski definition) is 6. The van der Waals surface area contributed by atoms with Crippen LogP contribution in [0.1, 0.15) is 16.5 Å². The van der Waals surface area contributed by atoms with E-state index in [9.17, 15) is 19.3 Å². The van der Waals surface area contributed by atoms with Gasteiger partial charge in [-0.15, -0.1) is 11.8 Å². The van der Waals surface area contributed by atoms with Crippen molar-refractivity contribution in [3.8, 4) is 11.5 Å². The molecule has 1 fully saturated rings. The number of nitro groups is 1. The number of carbonyl (C=O) groups is 1. The molecule has 26 heavy (non-hydrogen) atoms. The van der Waals surface area contributed by atoms with E-state index in [-0.39, 0.29) is 24.1 Å². The zero-order valence-corrected chi connectivity index (χ0v) is 14.4. The van der Waals surface area contributed by atoms with Crippen molar-refractivity contribution in [2.75, 3.05) is 17.4 Å². The van der Waals surface area contributed by atoms with E-state index in [1.165, 1.54) is 34.9 Å². The molecule has 4 rings (SSSR count). The molecule has 2 aliphatic heterocycles. The van der Waals surface area contributed by atoms with E-state index in [1.807, 2.05) is 0 Å². The van der Waals surface area contributed by atoms with Crippen LogP contribution in [0, 0.1) is 22.9 Å². The lowest BCUT2D eigenvalue weighted by molar-refractivity contribution is -0.385. The molecule has 2 aromatic rings. The topological polar surface area (TPSA) is 81.9 Å². The Morgan fingerprint density at radius 2 is 2.00 bits per heavy atom. The summed E-state index contributed by atoms with van der Waals surface area (Å²) in [6.45, 7) is 1.61. The largest absolute Gasteiger partial charge is 0.454 e. The normalized spacial score (nSPS) is 18.5. The van der Waals surface area contributed by atoms with E-state index in [4.69, 9.17) is 9.47 Å². The van der Waals surface area contributed by atoms with Crippen molar-refractivity contribution in [2.24, 2.45) is 0 Å². The van der Waals surface area contributed by atoms with E-state index in [1.54, 1.807) is 19.1 Å². The molecular weight excluding hydrogens is 363 g/mol. The summed E-state index contributed by atoms with van der Waals surface area (Å²) in [7, 11) is 0. The number of carbonyl (C=O) groups excluding carboxylic acids is 1. The van der Waals surface area contributed by atoms with Crippen molar-refractivity contribution in [2.45, 2.75) is 12.3 Å². The number of ether oxygens (including phenoxy) is 2. The first kappa shape index (κ1) is 16.6. The highest BCUT2D eigenvalue weighted by molar-refractivity contribution is 8.00. The second-order valence-electron chi connectivity index (χ2n) is 5.88. The van der Waals surface area contributed by atoms with Crippen molar-refractivity contribution in [1.82, 2.24) is 0 Å². The third kappa shape index (κ3) is 2.64. The first-order valence-corrected chi connectivity index (χ1v) is 8.78. The second-order valence-corrected chi connectivity index (χ2v) is 6.95. The first-order chi connectivity index (χ1) is 12.5. The van der Waals surface area contributed by atoms with Gasteiger partial charge in [0.1, 0.15) is 11.2 Å². The van der Waals surface area contributed by atoms with Crippen LogP contribution >= 0.6 is 11.8 Å². The van der Waals surface area contributed by atoms with Gasteiger partial charge in [-0.25, -0.2) is 4.39 Å². The fourth-order valence-electron chi connectivity index (χ4n) is 2.97. The maximum absolute atomic E-state index is 14.0. The van der Waals surface area contributed by atoms with Crippen LogP contribution in [0.4, 0.5) is 15.8 Å². The van der Waals surface area contributed by atoms with Crippen molar-refractivity contribution < 1.29 is 23.6 Å². The summed E-state index contributed by atoms with van der Waals surface area (Å²) in [6, 6.07) is 7.30. The van der Waals surface area contributed by atoms with Crippen LogP contribution in [0.2, 0.25) is 0 Å². The van der Waals surface area contributed by atoms with Gasteiger partial charge >= 0.3 is 0 Å². The standard InChI is InChI=1S/C17H13FN2O5S/c1-9-2-3-10(4-12(9)18)19-16(21)7-26-17(19)11-5-14-15(25-8-24-14)6-13(11)20(22)23/h2-6,17H,7-8H2,1H3/t17-/m0/s1. The van der Waals surface area contributed by atoms with Crippen LogP contribution in [0.5, 0.6) is 11.5 Å². The number of benzene rings is 2. The predicted molar refractivity (Wildman–Crippen MR) is 93.0 cm³/mol. The molecule has 0 aromatic heterocycles. The molecule has 2 aromatic carbocycles. The predicted octanol–water partition coefficient (Wildman–Crippen LogP) is 3.55. The molecule has 7 nitrogen and oxygen atoms in total. The zero-order valence-electron chi connectivity index (χ0n) is 13.6. The highest BCUT2D eigenvalue weighted by Crippen LogP contribution is 2.48. The Hall–Kier alpha value is -2.81. The van der Waals surface area contributed by atoms with Crippen LogP contribution in [-0.4, -0.2) is 23.4 Å². The Morgan fingerprint density at radius 3 is 2.69 bits per heavy atom. The van der Waals surface area contributed by atoms with Gasteiger partial charge in [-0.3, -0.25) is 19.8 Å². The van der Waals surface area contributed by atoms with Gasteiger partial charge in [0.2, 0.25) is 12.7 Å². The summed E-state index contributed by atoms with van der Waals surface area (Å²) in [5.74, 6) is 0.149. The number of hydrogen-bond donors (Lipinski definition) is 0. The van der Waals surface area contributed by atoms with Crippen LogP contribution in [0.3, 0.4) is 0 Å². The number of rotatable bonds is 3. The molecule has 0 radical (unpaired) electrons. The highest BCUT2D eigenvalue weighted by Gasteiger charge is 2.39. The number of nitrogens with zero attached hydrogens (tertiary/aromatic N) is 2. The molecule has 0 N–H and O–H groups in total. The lowest BCUT2D eigenvalue weighted by Crippen LogP contribution is -2.28. The lowest BCUT2D eigenvalue weighted by Gasteiger charge is -2.24. The van der Waals surface area contributed by atoms with Gasteiger partial charge in [-0.1, -0.05) is 6.07 Å². The molecule has 0 aliphatic carbocycles. The molecule has 0 saturated carbocycles. The van der Waals surface area contributed by atoms with Gasteiger partial charge in [-0.2, -0.15) is 0 Å². The Bertz CT molecular complexity index is 936. The number of amides is 1. The van der Waals surface area contributed by atoms with Gasteiger partial charge in [-0.05, 0) is 30.7 Å². The van der Waals surface area contributed by atoms with E-state index >= 15 is 0 Å². The smallest absolute Gasteiger partial charge is 0.279 e. The number of thioether (sulfide) groups is 1. The molecule has 9 heteroatoms. The van der Waals surface area contributed by atoms with Gasteiger partial charge in [0.05, 0.1) is 22.3 Å². The van der Waals surface area contributed by atoms with E-state index in [2.05, 4.69) is 0 Å². The maximum atomic E-state index is 14.0. The summed E-state index contributed by atoms with van der Waals surface area (Å²) >= 11 is 1.25. The molecule has 1 amide bonds. The molecule has 0 bridgehead atoms. The molecule has 2 heterocycles. The number of nitro benzene ring substituents is 1. The fraction of sp³-hybridized carbons (Fsp3) is 0.235. The summed E-state index contributed by atoms with van der Waals surface area (Å²) < 4.78 is 24.5. The molecule has 1 saturated heterocycles. The maximum Gasteiger partial charge on any atom is 0.279 e. The number of aryl methyl sites for hydroxylation is 1. The molecule has 0 unspecified atom stereocenters. The van der Waals surface area contributed by atoms with Crippen molar-refractivity contribution in [3.05, 3.63) is 57.4 Å². The van der Waals surface area contributed by atoms with Crippen molar-refractivity contribution in [1.29, 1.82) is 0 Å². The Kier molecular flexibility index (Phi) is 3.95. The minimum Gasteiger partial charge on any atom is -0.454 e. The monoisotopic (exact) mass is 376 g/mol. The van der Waals surface area contributed by atoms with Crippen LogP contribution < -0.4 is 14.4 Å². The number of fused-ring (bicyclic) bond motifs is 1. The minimum absolute atomic E-state index is 0.0143. The zero-order chi connectivity index (χ0) is 18.4. The van der Waals surface area contributed by atoms with E-state index < -0.39 is 16.1 Å². The van der Waals surface area contributed by atoms with Gasteiger partial charge in [0, 0.05) is 5.69 Å². The first-order valence-electron chi connectivity index (χ1n) is 7.73. The molecule has 1 atom stereocenters. The Labute approximate surface area is 151 Å². The Morgan fingerprint density at radius 1 is 1.27 bits per heavy atom. The minimum atomic E-state index is -0.653. The van der Waals surface area contributed by atoms with E-state index in [0.29, 0.717) is 28.3 Å². The highest BCUT2D eigenvalue weighted by atomic mass is 32.2. The molecular formula is C17H13FN2O5S. The van der Waals surface area contributed by atoms with Crippen LogP contribution in [0.25, 0.3) is 0 Å². The Balaban J connectivity index is 1.82. The number of halogens is 1. The summed E-state index contributed by atoms with van der Waals surface area (Å²) in [5, 5.41) is 10.9. The molecule has 0 spiro atoms. The van der Waals surface area contributed by atoms with Crippen molar-refractivity contribution >= 4 is 29.0 Å². The molecule has 134 valence electrons. The summed E-state index contributed by atoms with van der Waals surface area (Å²) in [6.07, 6.45) is 0. The lowest BCUT2D eigenvalue weighted by atomic mass is 10.1. The average molecular weight is 376 g/mol. The third-order valence-electron chi connectivity index (χ3n) is 4.29. The summed E-state index contributed by atoms with van der Waals surface area (Å²) in [5.41, 5.74) is 0.967. The third-order valence-corrected chi connectivity index (χ3v) is 5.48. The van der Waals surface area contributed by atoms with Crippen LogP contribution in [-0.2, 0) is 4.79 Å². The fourth-order valence-corrected chi connectivity index (χ4v) is 4.16. The molecule has 2 aliphatic rings. The number of anilines is 1.